The number of ether oxygens (including phenoxy) is 1. The molecule has 1 saturated heterocycles. The van der Waals surface area contributed by atoms with Gasteiger partial charge in [0.15, 0.2) is 0 Å². The highest BCUT2D eigenvalue weighted by Crippen LogP contribution is 2.34. The summed E-state index contributed by atoms with van der Waals surface area (Å²) in [6.45, 7) is 1.68. The summed E-state index contributed by atoms with van der Waals surface area (Å²) in [7, 11) is 0. The number of carbonyl (C=O) groups is 2. The predicted molar refractivity (Wildman–Crippen MR) is 42.1 cm³/mol. The van der Waals surface area contributed by atoms with Crippen molar-refractivity contribution >= 4 is 11.8 Å². The van der Waals surface area contributed by atoms with Crippen molar-refractivity contribution in [3.8, 4) is 12.3 Å². The first kappa shape index (κ1) is 8.79. The van der Waals surface area contributed by atoms with E-state index in [0.29, 0.717) is 13.0 Å². The molecule has 3 nitrogen and oxygen atoms in total. The maximum atomic E-state index is 11.2. The minimum atomic E-state index is -1.03. The molecule has 0 saturated carbocycles. The van der Waals surface area contributed by atoms with Crippen LogP contribution in [0.1, 0.15) is 19.8 Å². The number of carbonyl (C=O) groups excluding carboxylic acids is 2. The number of esters is 1. The quantitative estimate of drug-likeness (QED) is 0.341. The summed E-state index contributed by atoms with van der Waals surface area (Å²) in [4.78, 5) is 22.4. The minimum Gasteiger partial charge on any atom is -0.465 e. The Morgan fingerprint density at radius 2 is 2.50 bits per heavy atom. The van der Waals surface area contributed by atoms with E-state index in [1.54, 1.807) is 0 Å². The molecule has 1 atom stereocenters. The van der Waals surface area contributed by atoms with Gasteiger partial charge >= 0.3 is 5.97 Å². The standard InChI is InChI=1S/C9H10O3/c1-3-4-9(7(2)10)5-6-12-8(9)11/h1H,4-6H2,2H3. The second-order valence-electron chi connectivity index (χ2n) is 2.91. The lowest BCUT2D eigenvalue weighted by Gasteiger charge is -2.17. The maximum absolute atomic E-state index is 11.2. The highest BCUT2D eigenvalue weighted by Gasteiger charge is 2.48. The van der Waals surface area contributed by atoms with Gasteiger partial charge in [0.25, 0.3) is 0 Å². The van der Waals surface area contributed by atoms with Gasteiger partial charge in [-0.25, -0.2) is 0 Å². The van der Waals surface area contributed by atoms with Gasteiger partial charge in [-0.05, 0) is 6.92 Å². The number of cyclic esters (lactones) is 1. The molecule has 0 aromatic heterocycles. The van der Waals surface area contributed by atoms with Crippen LogP contribution in [0.4, 0.5) is 0 Å². The first-order valence-corrected chi connectivity index (χ1v) is 3.75. The van der Waals surface area contributed by atoms with Gasteiger partial charge in [-0.2, -0.15) is 0 Å². The van der Waals surface area contributed by atoms with E-state index >= 15 is 0 Å². The number of hydrogen-bond donors (Lipinski definition) is 0. The predicted octanol–water partition coefficient (Wildman–Crippen LogP) is 0.532. The minimum absolute atomic E-state index is 0.154. The number of Topliss-reactive ketones (excluding diaryl/α,β-unsaturated/α-hetero) is 1. The second-order valence-corrected chi connectivity index (χ2v) is 2.91. The Morgan fingerprint density at radius 3 is 2.83 bits per heavy atom. The zero-order valence-corrected chi connectivity index (χ0v) is 6.92. The van der Waals surface area contributed by atoms with Crippen LogP contribution in [-0.4, -0.2) is 18.4 Å². The van der Waals surface area contributed by atoms with Crippen LogP contribution >= 0.6 is 0 Å². The van der Waals surface area contributed by atoms with E-state index < -0.39 is 11.4 Å². The largest absolute Gasteiger partial charge is 0.465 e. The fraction of sp³-hybridized carbons (Fsp3) is 0.556. The van der Waals surface area contributed by atoms with E-state index in [0.717, 1.165) is 0 Å². The molecule has 12 heavy (non-hydrogen) atoms. The smallest absolute Gasteiger partial charge is 0.320 e. The Morgan fingerprint density at radius 1 is 1.83 bits per heavy atom. The lowest BCUT2D eigenvalue weighted by Crippen LogP contribution is -2.33. The molecule has 1 fully saturated rings. The zero-order valence-electron chi connectivity index (χ0n) is 6.92. The van der Waals surface area contributed by atoms with E-state index in [-0.39, 0.29) is 12.2 Å². The second kappa shape index (κ2) is 2.98. The lowest BCUT2D eigenvalue weighted by atomic mass is 9.80. The van der Waals surface area contributed by atoms with Gasteiger partial charge in [0.05, 0.1) is 6.61 Å². The monoisotopic (exact) mass is 166 g/mol. The molecule has 0 radical (unpaired) electrons. The third-order valence-corrected chi connectivity index (χ3v) is 2.23. The SMILES string of the molecule is C#CCC1(C(C)=O)CCOC1=O. The van der Waals surface area contributed by atoms with Crippen molar-refractivity contribution in [1.29, 1.82) is 0 Å². The summed E-state index contributed by atoms with van der Waals surface area (Å²) in [5.41, 5.74) is -1.03. The van der Waals surface area contributed by atoms with Crippen molar-refractivity contribution in [2.24, 2.45) is 5.41 Å². The molecule has 0 spiro atoms. The topological polar surface area (TPSA) is 43.4 Å². The number of rotatable bonds is 2. The molecule has 0 aromatic rings. The summed E-state index contributed by atoms with van der Waals surface area (Å²) >= 11 is 0. The summed E-state index contributed by atoms with van der Waals surface area (Å²) < 4.78 is 4.73. The van der Waals surface area contributed by atoms with Crippen molar-refractivity contribution in [2.45, 2.75) is 19.8 Å². The summed E-state index contributed by atoms with van der Waals surface area (Å²) in [6, 6.07) is 0. The molecule has 3 heteroatoms. The van der Waals surface area contributed by atoms with E-state index in [1.807, 2.05) is 0 Å². The van der Waals surface area contributed by atoms with Crippen molar-refractivity contribution in [2.75, 3.05) is 6.61 Å². The molecule has 1 unspecified atom stereocenters. The summed E-state index contributed by atoms with van der Waals surface area (Å²) in [5, 5.41) is 0. The fourth-order valence-corrected chi connectivity index (χ4v) is 1.34. The average Bonchev–Trinajstić information content (AvgIpc) is 2.34. The van der Waals surface area contributed by atoms with Crippen molar-refractivity contribution in [3.05, 3.63) is 0 Å². The van der Waals surface area contributed by atoms with E-state index in [2.05, 4.69) is 5.92 Å². The number of hydrogen-bond acceptors (Lipinski definition) is 3. The van der Waals surface area contributed by atoms with Crippen LogP contribution in [0.2, 0.25) is 0 Å². The van der Waals surface area contributed by atoms with E-state index in [1.165, 1.54) is 6.92 Å². The lowest BCUT2D eigenvalue weighted by molar-refractivity contribution is -0.150. The third kappa shape index (κ3) is 1.10. The Hall–Kier alpha value is -1.30. The van der Waals surface area contributed by atoms with Gasteiger partial charge < -0.3 is 4.74 Å². The molecular weight excluding hydrogens is 156 g/mol. The zero-order chi connectivity index (χ0) is 9.19. The molecule has 1 aliphatic heterocycles. The van der Waals surface area contributed by atoms with Crippen LogP contribution in [0.5, 0.6) is 0 Å². The van der Waals surface area contributed by atoms with E-state index in [9.17, 15) is 9.59 Å². The van der Waals surface area contributed by atoms with Gasteiger partial charge in [0, 0.05) is 12.8 Å². The average molecular weight is 166 g/mol. The van der Waals surface area contributed by atoms with Crippen molar-refractivity contribution in [1.82, 2.24) is 0 Å². The van der Waals surface area contributed by atoms with E-state index in [4.69, 9.17) is 11.2 Å². The molecule has 0 N–H and O–H groups in total. The van der Waals surface area contributed by atoms with Gasteiger partial charge in [-0.1, -0.05) is 0 Å². The molecule has 64 valence electrons. The molecule has 0 aliphatic carbocycles. The van der Waals surface area contributed by atoms with Gasteiger partial charge in [-0.15, -0.1) is 12.3 Å². The molecule has 1 rings (SSSR count). The van der Waals surface area contributed by atoms with Gasteiger partial charge in [0.1, 0.15) is 11.2 Å². The highest BCUT2D eigenvalue weighted by molar-refractivity contribution is 6.04. The molecule has 0 bridgehead atoms. The summed E-state index contributed by atoms with van der Waals surface area (Å²) in [6.07, 6.45) is 5.66. The number of terminal acetylenes is 1. The normalized spacial score (nSPS) is 27.8. The molecule has 1 aliphatic rings. The van der Waals surface area contributed by atoms with Crippen LogP contribution in [0.15, 0.2) is 0 Å². The third-order valence-electron chi connectivity index (χ3n) is 2.23. The maximum Gasteiger partial charge on any atom is 0.320 e. The summed E-state index contributed by atoms with van der Waals surface area (Å²) in [5.74, 6) is 1.68. The highest BCUT2D eigenvalue weighted by atomic mass is 16.5. The van der Waals surface area contributed by atoms with Crippen LogP contribution in [0, 0.1) is 17.8 Å². The first-order chi connectivity index (χ1) is 5.63. The molecule has 0 amide bonds. The molecular formula is C9H10O3. The van der Waals surface area contributed by atoms with Gasteiger partial charge in [0.2, 0.25) is 0 Å². The molecule has 1 heterocycles. The van der Waals surface area contributed by atoms with Crippen LogP contribution in [0.3, 0.4) is 0 Å². The Balaban J connectivity index is 2.95. The van der Waals surface area contributed by atoms with Crippen LogP contribution < -0.4 is 0 Å². The number of ketones is 1. The Kier molecular flexibility index (Phi) is 2.18. The molecule has 0 aromatic carbocycles. The Bertz CT molecular complexity index is 261. The van der Waals surface area contributed by atoms with Crippen LogP contribution in [-0.2, 0) is 14.3 Å². The first-order valence-electron chi connectivity index (χ1n) is 3.75. The van der Waals surface area contributed by atoms with Crippen molar-refractivity contribution < 1.29 is 14.3 Å². The van der Waals surface area contributed by atoms with Gasteiger partial charge in [-0.3, -0.25) is 9.59 Å². The van der Waals surface area contributed by atoms with Crippen molar-refractivity contribution in [3.63, 3.8) is 0 Å². The van der Waals surface area contributed by atoms with Crippen LogP contribution in [0.25, 0.3) is 0 Å². The fourth-order valence-electron chi connectivity index (χ4n) is 1.34. The Labute approximate surface area is 71.1 Å².